The van der Waals surface area contributed by atoms with Crippen molar-refractivity contribution in [1.82, 2.24) is 20.7 Å². The van der Waals surface area contributed by atoms with Crippen LogP contribution in [0.5, 0.6) is 23.0 Å². The van der Waals surface area contributed by atoms with Crippen molar-refractivity contribution in [2.75, 3.05) is 34.4 Å². The first-order valence-electron chi connectivity index (χ1n) is 10.9. The average Bonchev–Trinajstić information content (AvgIpc) is 2.89. The molecule has 0 saturated carbocycles. The van der Waals surface area contributed by atoms with E-state index in [4.69, 9.17) is 24.7 Å². The SMILES string of the molecule is COC1=C(N)NNC(C2CCN(C(=O)c3cc(OC)c(Oc4ccc(OC)cc4)cn3)CC2)=C1. The normalized spacial score (nSPS) is 16.2. The summed E-state index contributed by atoms with van der Waals surface area (Å²) in [6.07, 6.45) is 5.02. The van der Waals surface area contributed by atoms with Crippen molar-refractivity contribution in [3.8, 4) is 23.0 Å². The van der Waals surface area contributed by atoms with Gasteiger partial charge < -0.3 is 35.0 Å². The summed E-state index contributed by atoms with van der Waals surface area (Å²) in [5.74, 6) is 3.36. The number of methoxy groups -OCH3 is 3. The van der Waals surface area contributed by atoms with Crippen molar-refractivity contribution in [3.05, 3.63) is 65.6 Å². The number of carbonyl (C=O) groups excluding carboxylic acids is 1. The molecule has 0 atom stereocenters. The lowest BCUT2D eigenvalue weighted by molar-refractivity contribution is 0.0692. The van der Waals surface area contributed by atoms with E-state index in [9.17, 15) is 4.79 Å². The van der Waals surface area contributed by atoms with E-state index in [1.165, 1.54) is 13.3 Å². The number of aromatic nitrogens is 1. The first-order chi connectivity index (χ1) is 16.5. The van der Waals surface area contributed by atoms with Gasteiger partial charge in [0.2, 0.25) is 0 Å². The Labute approximate surface area is 198 Å². The highest BCUT2D eigenvalue weighted by Crippen LogP contribution is 2.33. The van der Waals surface area contributed by atoms with Crippen LogP contribution in [0, 0.1) is 5.92 Å². The van der Waals surface area contributed by atoms with Crippen LogP contribution in [0.3, 0.4) is 0 Å². The molecule has 2 aliphatic rings. The van der Waals surface area contributed by atoms with Gasteiger partial charge in [-0.15, -0.1) is 0 Å². The van der Waals surface area contributed by atoms with E-state index in [2.05, 4.69) is 15.8 Å². The largest absolute Gasteiger partial charge is 0.497 e. The topological polar surface area (TPSA) is 120 Å². The number of benzene rings is 1. The van der Waals surface area contributed by atoms with Crippen LogP contribution in [0.2, 0.25) is 0 Å². The molecule has 1 aromatic heterocycles. The maximum Gasteiger partial charge on any atom is 0.272 e. The van der Waals surface area contributed by atoms with Crippen LogP contribution in [-0.2, 0) is 4.74 Å². The number of allylic oxidation sites excluding steroid dienone is 2. The third-order valence-electron chi connectivity index (χ3n) is 5.89. The predicted molar refractivity (Wildman–Crippen MR) is 125 cm³/mol. The molecule has 180 valence electrons. The Kier molecular flexibility index (Phi) is 6.95. The maximum atomic E-state index is 13.1. The first kappa shape index (κ1) is 23.1. The second-order valence-corrected chi connectivity index (χ2v) is 7.90. The Morgan fingerprint density at radius 1 is 1.00 bits per heavy atom. The fraction of sp³-hybridized carbons (Fsp3) is 0.333. The highest BCUT2D eigenvalue weighted by molar-refractivity contribution is 5.93. The minimum Gasteiger partial charge on any atom is -0.497 e. The number of rotatable bonds is 7. The molecule has 1 amide bonds. The van der Waals surface area contributed by atoms with Gasteiger partial charge in [0.25, 0.3) is 5.91 Å². The lowest BCUT2D eigenvalue weighted by Crippen LogP contribution is -2.44. The highest BCUT2D eigenvalue weighted by Gasteiger charge is 2.28. The lowest BCUT2D eigenvalue weighted by Gasteiger charge is -2.34. The number of hydrazine groups is 1. The quantitative estimate of drug-likeness (QED) is 0.564. The summed E-state index contributed by atoms with van der Waals surface area (Å²) in [6, 6.07) is 8.78. The predicted octanol–water partition coefficient (Wildman–Crippen LogP) is 2.51. The zero-order valence-electron chi connectivity index (χ0n) is 19.5. The number of ether oxygens (including phenoxy) is 4. The Bertz CT molecular complexity index is 1090. The molecule has 0 unspecified atom stereocenters. The van der Waals surface area contributed by atoms with Gasteiger partial charge in [0.05, 0.1) is 27.5 Å². The Hall–Kier alpha value is -4.08. The number of nitrogens with one attached hydrogen (secondary N) is 2. The zero-order chi connectivity index (χ0) is 24.1. The van der Waals surface area contributed by atoms with Crippen LogP contribution in [-0.4, -0.2) is 50.2 Å². The van der Waals surface area contributed by atoms with Crippen LogP contribution in [0.25, 0.3) is 0 Å². The molecule has 0 aliphatic carbocycles. The molecule has 3 heterocycles. The number of hydrogen-bond acceptors (Lipinski definition) is 9. The second-order valence-electron chi connectivity index (χ2n) is 7.90. The number of carbonyl (C=O) groups is 1. The second kappa shape index (κ2) is 10.2. The van der Waals surface area contributed by atoms with Crippen molar-refractivity contribution in [2.45, 2.75) is 12.8 Å². The van der Waals surface area contributed by atoms with Gasteiger partial charge >= 0.3 is 0 Å². The van der Waals surface area contributed by atoms with Crippen molar-refractivity contribution in [2.24, 2.45) is 11.7 Å². The van der Waals surface area contributed by atoms with Gasteiger partial charge in [-0.2, -0.15) is 0 Å². The smallest absolute Gasteiger partial charge is 0.272 e. The molecule has 34 heavy (non-hydrogen) atoms. The van der Waals surface area contributed by atoms with E-state index in [0.29, 0.717) is 47.6 Å². The fourth-order valence-corrected chi connectivity index (χ4v) is 3.95. The van der Waals surface area contributed by atoms with Gasteiger partial charge in [0.1, 0.15) is 17.2 Å². The van der Waals surface area contributed by atoms with Gasteiger partial charge in [-0.3, -0.25) is 10.2 Å². The van der Waals surface area contributed by atoms with E-state index in [-0.39, 0.29) is 11.8 Å². The van der Waals surface area contributed by atoms with Crippen LogP contribution in [0.4, 0.5) is 0 Å². The molecular formula is C24H29N5O5. The Morgan fingerprint density at radius 2 is 1.71 bits per heavy atom. The lowest BCUT2D eigenvalue weighted by atomic mass is 9.92. The van der Waals surface area contributed by atoms with Crippen LogP contribution in [0.1, 0.15) is 23.3 Å². The van der Waals surface area contributed by atoms with Gasteiger partial charge in [-0.05, 0) is 37.1 Å². The first-order valence-corrected chi connectivity index (χ1v) is 10.9. The monoisotopic (exact) mass is 467 g/mol. The van der Waals surface area contributed by atoms with Gasteiger partial charge in [-0.25, -0.2) is 4.98 Å². The van der Waals surface area contributed by atoms with Crippen LogP contribution in [0.15, 0.2) is 59.9 Å². The highest BCUT2D eigenvalue weighted by atomic mass is 16.5. The van der Waals surface area contributed by atoms with Crippen molar-refractivity contribution in [3.63, 3.8) is 0 Å². The van der Waals surface area contributed by atoms with Gasteiger partial charge in [0, 0.05) is 36.8 Å². The summed E-state index contributed by atoms with van der Waals surface area (Å²) in [7, 11) is 4.72. The van der Waals surface area contributed by atoms with E-state index in [1.54, 1.807) is 49.5 Å². The Balaban J connectivity index is 1.40. The summed E-state index contributed by atoms with van der Waals surface area (Å²) in [4.78, 5) is 19.2. The summed E-state index contributed by atoms with van der Waals surface area (Å²) < 4.78 is 21.8. The molecule has 2 aromatic rings. The molecular weight excluding hydrogens is 438 g/mol. The van der Waals surface area contributed by atoms with E-state index in [0.717, 1.165) is 24.3 Å². The minimum absolute atomic E-state index is 0.141. The van der Waals surface area contributed by atoms with Gasteiger partial charge in [-0.1, -0.05) is 0 Å². The van der Waals surface area contributed by atoms with E-state index in [1.807, 2.05) is 6.08 Å². The summed E-state index contributed by atoms with van der Waals surface area (Å²) in [5, 5.41) is 0. The molecule has 4 rings (SSSR count). The number of pyridine rings is 1. The maximum absolute atomic E-state index is 13.1. The number of nitrogens with zero attached hydrogens (tertiary/aromatic N) is 2. The summed E-state index contributed by atoms with van der Waals surface area (Å²) in [6.45, 7) is 1.22. The zero-order valence-corrected chi connectivity index (χ0v) is 19.5. The molecule has 1 aromatic carbocycles. The van der Waals surface area contributed by atoms with Crippen molar-refractivity contribution >= 4 is 5.91 Å². The average molecular weight is 468 g/mol. The number of likely N-dealkylation sites (tertiary alicyclic amines) is 1. The molecule has 4 N–H and O–H groups in total. The third kappa shape index (κ3) is 4.95. The molecule has 10 heteroatoms. The molecule has 10 nitrogen and oxygen atoms in total. The molecule has 0 bridgehead atoms. The summed E-state index contributed by atoms with van der Waals surface area (Å²) in [5.41, 5.74) is 13.2. The van der Waals surface area contributed by atoms with E-state index >= 15 is 0 Å². The van der Waals surface area contributed by atoms with Gasteiger partial charge in [0.15, 0.2) is 23.1 Å². The molecule has 1 fully saturated rings. The molecule has 0 spiro atoms. The molecule has 1 saturated heterocycles. The molecule has 0 radical (unpaired) electrons. The number of piperidine rings is 1. The van der Waals surface area contributed by atoms with Crippen molar-refractivity contribution in [1.29, 1.82) is 0 Å². The summed E-state index contributed by atoms with van der Waals surface area (Å²) >= 11 is 0. The fourth-order valence-electron chi connectivity index (χ4n) is 3.95. The molecule has 2 aliphatic heterocycles. The van der Waals surface area contributed by atoms with Crippen molar-refractivity contribution < 1.29 is 23.7 Å². The number of nitrogens with two attached hydrogens (primary N) is 1. The standard InChI is InChI=1S/C24H29N5O5/c1-31-16-4-6-17(7-5-16)34-22-14-26-19(13-20(22)32-2)24(30)29-10-8-15(9-11-29)18-12-21(33-3)23(25)28-27-18/h4-7,12-15,27-28H,8-11,25H2,1-3H3. The number of amides is 1. The Morgan fingerprint density at radius 3 is 2.35 bits per heavy atom. The van der Waals surface area contributed by atoms with E-state index < -0.39 is 0 Å². The van der Waals surface area contributed by atoms with Crippen LogP contribution < -0.4 is 30.8 Å². The number of hydrogen-bond donors (Lipinski definition) is 3. The minimum atomic E-state index is -0.141. The third-order valence-corrected chi connectivity index (χ3v) is 5.89. The van der Waals surface area contributed by atoms with Crippen LogP contribution >= 0.6 is 0 Å².